The van der Waals surface area contributed by atoms with E-state index in [-0.39, 0.29) is 11.8 Å². The number of anilines is 1. The molecule has 2 rings (SSSR count). The number of nitrogens with one attached hydrogen (secondary N) is 3. The Morgan fingerprint density at radius 3 is 3.06 bits per heavy atom. The number of nitrogens with zero attached hydrogens (tertiary/aromatic N) is 1. The molecule has 1 aromatic rings. The first-order valence-electron chi connectivity index (χ1n) is 5.76. The van der Waals surface area contributed by atoms with Crippen molar-refractivity contribution in [3.63, 3.8) is 0 Å². The van der Waals surface area contributed by atoms with E-state index < -0.39 is 0 Å². The maximum Gasteiger partial charge on any atom is 0.230 e. The van der Waals surface area contributed by atoms with Crippen LogP contribution in [0.25, 0.3) is 0 Å². The van der Waals surface area contributed by atoms with Gasteiger partial charge in [-0.3, -0.25) is 9.89 Å². The predicted molar refractivity (Wildman–Crippen MR) is 62.1 cm³/mol. The highest BCUT2D eigenvalue weighted by molar-refractivity contribution is 5.92. The molecule has 0 aliphatic carbocycles. The van der Waals surface area contributed by atoms with Gasteiger partial charge in [0.25, 0.3) is 0 Å². The minimum atomic E-state index is 0.0630. The van der Waals surface area contributed by atoms with Gasteiger partial charge in [0.2, 0.25) is 5.91 Å². The van der Waals surface area contributed by atoms with Gasteiger partial charge in [-0.1, -0.05) is 13.8 Å². The van der Waals surface area contributed by atoms with Crippen LogP contribution in [0.3, 0.4) is 0 Å². The lowest BCUT2D eigenvalue weighted by Gasteiger charge is -2.13. The van der Waals surface area contributed by atoms with Crippen molar-refractivity contribution in [2.24, 2.45) is 11.8 Å². The fraction of sp³-hybridized carbons (Fsp3) is 0.636. The summed E-state index contributed by atoms with van der Waals surface area (Å²) in [5.41, 5.74) is 1.05. The van der Waals surface area contributed by atoms with Crippen molar-refractivity contribution in [2.75, 3.05) is 18.4 Å². The van der Waals surface area contributed by atoms with Crippen molar-refractivity contribution in [2.45, 2.75) is 20.3 Å². The zero-order chi connectivity index (χ0) is 11.5. The van der Waals surface area contributed by atoms with Crippen molar-refractivity contribution >= 4 is 11.7 Å². The minimum absolute atomic E-state index is 0.0630. The summed E-state index contributed by atoms with van der Waals surface area (Å²) in [7, 11) is 0. The molecule has 0 bridgehead atoms. The fourth-order valence-electron chi connectivity index (χ4n) is 2.06. The van der Waals surface area contributed by atoms with Crippen LogP contribution < -0.4 is 10.6 Å². The van der Waals surface area contributed by atoms with E-state index in [9.17, 15) is 4.79 Å². The number of hydrogen-bond donors (Lipinski definition) is 3. The Bertz CT molecular complexity index is 374. The molecule has 0 unspecified atom stereocenters. The largest absolute Gasteiger partial charge is 0.316 e. The Balaban J connectivity index is 2.02. The third kappa shape index (κ3) is 2.09. The lowest BCUT2D eigenvalue weighted by molar-refractivity contribution is -0.120. The van der Waals surface area contributed by atoms with E-state index in [1.54, 1.807) is 6.20 Å². The number of aromatic nitrogens is 2. The lowest BCUT2D eigenvalue weighted by Crippen LogP contribution is -2.28. The average Bonchev–Trinajstić information content (AvgIpc) is 2.86. The number of hydrogen-bond acceptors (Lipinski definition) is 3. The van der Waals surface area contributed by atoms with Crippen LogP contribution in [0, 0.1) is 11.8 Å². The van der Waals surface area contributed by atoms with Gasteiger partial charge in [-0.25, -0.2) is 0 Å². The molecule has 0 radical (unpaired) electrons. The maximum atomic E-state index is 12.0. The molecule has 2 heterocycles. The van der Waals surface area contributed by atoms with Gasteiger partial charge in [0, 0.05) is 12.1 Å². The molecule has 1 aromatic heterocycles. The van der Waals surface area contributed by atoms with Gasteiger partial charge >= 0.3 is 0 Å². The number of aromatic amines is 1. The summed E-state index contributed by atoms with van der Waals surface area (Å²) >= 11 is 0. The van der Waals surface area contributed by atoms with Crippen LogP contribution >= 0.6 is 0 Å². The van der Waals surface area contributed by atoms with Crippen LogP contribution in [0.1, 0.15) is 19.4 Å². The molecular formula is C11H18N4O. The predicted octanol–water partition coefficient (Wildman–Crippen LogP) is 0.766. The zero-order valence-electron chi connectivity index (χ0n) is 9.71. The first-order chi connectivity index (χ1) is 7.72. The molecule has 5 nitrogen and oxygen atoms in total. The maximum absolute atomic E-state index is 12.0. The fourth-order valence-corrected chi connectivity index (χ4v) is 2.06. The lowest BCUT2D eigenvalue weighted by atomic mass is 9.97. The molecule has 3 N–H and O–H groups in total. The molecule has 1 aliphatic heterocycles. The number of carbonyl (C=O) groups excluding carboxylic acids is 1. The molecule has 0 spiro atoms. The molecular weight excluding hydrogens is 204 g/mol. The van der Waals surface area contributed by atoms with Gasteiger partial charge < -0.3 is 10.6 Å². The van der Waals surface area contributed by atoms with Crippen LogP contribution in [0.4, 0.5) is 5.82 Å². The van der Waals surface area contributed by atoms with Crippen molar-refractivity contribution in [3.05, 3.63) is 11.8 Å². The van der Waals surface area contributed by atoms with E-state index in [1.807, 2.05) is 6.92 Å². The van der Waals surface area contributed by atoms with Crippen LogP contribution in [0.15, 0.2) is 6.20 Å². The van der Waals surface area contributed by atoms with Gasteiger partial charge in [0.1, 0.15) is 5.82 Å². The highest BCUT2D eigenvalue weighted by Gasteiger charge is 2.29. The number of amides is 1. The highest BCUT2D eigenvalue weighted by Crippen LogP contribution is 2.19. The standard InChI is InChI=1S/C11H18N4O/c1-3-8-5-13-15-10(8)14-11(16)9-6-12-4-7(9)2/h5,7,9,12H,3-4,6H2,1-2H3,(H2,13,14,15,16)/t7-,9-/m1/s1. The first kappa shape index (κ1) is 11.1. The Labute approximate surface area is 95.0 Å². The van der Waals surface area contributed by atoms with Crippen molar-refractivity contribution < 1.29 is 4.79 Å². The van der Waals surface area contributed by atoms with Gasteiger partial charge in [-0.2, -0.15) is 5.10 Å². The Morgan fingerprint density at radius 1 is 1.62 bits per heavy atom. The first-order valence-corrected chi connectivity index (χ1v) is 5.76. The molecule has 0 aromatic carbocycles. The third-order valence-electron chi connectivity index (χ3n) is 3.20. The molecule has 1 saturated heterocycles. The number of carbonyl (C=O) groups is 1. The summed E-state index contributed by atoms with van der Waals surface area (Å²) in [5, 5.41) is 12.9. The molecule has 1 amide bonds. The monoisotopic (exact) mass is 222 g/mol. The Kier molecular flexibility index (Phi) is 3.24. The molecule has 2 atom stereocenters. The van der Waals surface area contributed by atoms with Gasteiger partial charge in [-0.15, -0.1) is 0 Å². The highest BCUT2D eigenvalue weighted by atomic mass is 16.2. The summed E-state index contributed by atoms with van der Waals surface area (Å²) in [6.07, 6.45) is 2.62. The average molecular weight is 222 g/mol. The topological polar surface area (TPSA) is 69.8 Å². The van der Waals surface area contributed by atoms with Crippen LogP contribution in [0.2, 0.25) is 0 Å². The van der Waals surface area contributed by atoms with Crippen LogP contribution in [0.5, 0.6) is 0 Å². The quantitative estimate of drug-likeness (QED) is 0.707. The molecule has 5 heteroatoms. The second-order valence-electron chi connectivity index (χ2n) is 4.36. The Hall–Kier alpha value is -1.36. The van der Waals surface area contributed by atoms with Gasteiger partial charge in [0.15, 0.2) is 0 Å². The van der Waals surface area contributed by atoms with E-state index in [0.717, 1.165) is 30.9 Å². The van der Waals surface area contributed by atoms with Crippen LogP contribution in [-0.2, 0) is 11.2 Å². The summed E-state index contributed by atoms with van der Waals surface area (Å²) in [6.45, 7) is 5.82. The minimum Gasteiger partial charge on any atom is -0.316 e. The number of H-pyrrole nitrogens is 1. The second-order valence-corrected chi connectivity index (χ2v) is 4.36. The molecule has 1 fully saturated rings. The number of rotatable bonds is 3. The SMILES string of the molecule is CCc1cn[nH]c1NC(=O)[C@@H]1CNC[C@H]1C. The normalized spacial score (nSPS) is 24.6. The summed E-state index contributed by atoms with van der Waals surface area (Å²) in [5.74, 6) is 1.28. The van der Waals surface area contributed by atoms with Gasteiger partial charge in [0.05, 0.1) is 12.1 Å². The zero-order valence-corrected chi connectivity index (χ0v) is 9.71. The third-order valence-corrected chi connectivity index (χ3v) is 3.20. The molecule has 1 aliphatic rings. The van der Waals surface area contributed by atoms with Crippen LogP contribution in [-0.4, -0.2) is 29.2 Å². The van der Waals surface area contributed by atoms with Crippen molar-refractivity contribution in [1.29, 1.82) is 0 Å². The second kappa shape index (κ2) is 4.65. The van der Waals surface area contributed by atoms with E-state index in [4.69, 9.17) is 0 Å². The van der Waals surface area contributed by atoms with E-state index >= 15 is 0 Å². The molecule has 16 heavy (non-hydrogen) atoms. The summed E-state index contributed by atoms with van der Waals surface area (Å²) in [4.78, 5) is 12.0. The van der Waals surface area contributed by atoms with Gasteiger partial charge in [-0.05, 0) is 18.9 Å². The summed E-state index contributed by atoms with van der Waals surface area (Å²) < 4.78 is 0. The Morgan fingerprint density at radius 2 is 2.44 bits per heavy atom. The van der Waals surface area contributed by atoms with Crippen molar-refractivity contribution in [1.82, 2.24) is 15.5 Å². The smallest absolute Gasteiger partial charge is 0.230 e. The van der Waals surface area contributed by atoms with E-state index in [0.29, 0.717) is 5.92 Å². The molecule has 0 saturated carbocycles. The summed E-state index contributed by atoms with van der Waals surface area (Å²) in [6, 6.07) is 0. The number of aryl methyl sites for hydroxylation is 1. The van der Waals surface area contributed by atoms with E-state index in [2.05, 4.69) is 27.8 Å². The van der Waals surface area contributed by atoms with Crippen molar-refractivity contribution in [3.8, 4) is 0 Å². The molecule has 88 valence electrons. The van der Waals surface area contributed by atoms with E-state index in [1.165, 1.54) is 0 Å².